The van der Waals surface area contributed by atoms with Crippen LogP contribution in [0.3, 0.4) is 0 Å². The Morgan fingerprint density at radius 3 is 2.79 bits per heavy atom. The molecule has 1 aliphatic carbocycles. The highest BCUT2D eigenvalue weighted by atomic mass is 32.2. The zero-order chi connectivity index (χ0) is 29.2. The van der Waals surface area contributed by atoms with Crippen molar-refractivity contribution in [2.45, 2.75) is 43.2 Å². The van der Waals surface area contributed by atoms with Gasteiger partial charge in [-0.3, -0.25) is 13.6 Å². The molecule has 0 bridgehead atoms. The Bertz CT molecular complexity index is 1690. The first-order valence-corrected chi connectivity index (χ1v) is 15.6. The third-order valence-corrected chi connectivity index (χ3v) is 9.33. The normalized spacial score (nSPS) is 17.9. The second kappa shape index (κ2) is 12.3. The third-order valence-electron chi connectivity index (χ3n) is 7.91. The highest BCUT2D eigenvalue weighted by Crippen LogP contribution is 2.39. The Morgan fingerprint density at radius 1 is 1.19 bits per heavy atom. The maximum atomic E-state index is 15.2. The predicted molar refractivity (Wildman–Crippen MR) is 164 cm³/mol. The second-order valence-electron chi connectivity index (χ2n) is 10.9. The molecule has 2 aromatic carbocycles. The lowest BCUT2D eigenvalue weighted by Gasteiger charge is -2.36. The zero-order valence-corrected chi connectivity index (χ0v) is 24.6. The summed E-state index contributed by atoms with van der Waals surface area (Å²) >= 11 is 0. The molecule has 0 spiro atoms. The van der Waals surface area contributed by atoms with Crippen LogP contribution in [-0.4, -0.2) is 63.9 Å². The smallest absolute Gasteiger partial charge is 0.256 e. The molecule has 42 heavy (non-hydrogen) atoms. The molecular weight excluding hydrogens is 555 g/mol. The van der Waals surface area contributed by atoms with E-state index in [1.807, 2.05) is 36.4 Å². The molecule has 0 radical (unpaired) electrons. The van der Waals surface area contributed by atoms with Gasteiger partial charge in [0.1, 0.15) is 11.5 Å². The van der Waals surface area contributed by atoms with Gasteiger partial charge in [-0.25, -0.2) is 9.37 Å². The number of rotatable bonds is 10. The van der Waals surface area contributed by atoms with Crippen LogP contribution in [0.5, 0.6) is 0 Å². The molecule has 2 aromatic heterocycles. The van der Waals surface area contributed by atoms with E-state index in [4.69, 9.17) is 9.72 Å². The number of piperazine rings is 1. The standard InChI is InChI=1S/C31H35FN6O3S/c1-20-17-33-11-12-37(20)27-10-9-24(16-26(27)32)35-31-34-18-23-15-25(21-7-8-21)30(39)38(29(23)36-31)19-22-5-3-4-6-28(22)42(40)14-13-41-2/h3-6,9-10,15-16,18,20-21,33H,7-8,11-14,17,19H2,1-2H3,(H,34,35,36). The van der Waals surface area contributed by atoms with Crippen molar-refractivity contribution in [2.75, 3.05) is 49.3 Å². The summed E-state index contributed by atoms with van der Waals surface area (Å²) in [6.07, 6.45) is 3.66. The van der Waals surface area contributed by atoms with Crippen LogP contribution < -0.4 is 21.1 Å². The Labute approximate surface area is 246 Å². The van der Waals surface area contributed by atoms with E-state index in [1.165, 1.54) is 6.07 Å². The quantitative estimate of drug-likeness (QED) is 0.284. The van der Waals surface area contributed by atoms with E-state index in [1.54, 1.807) is 23.9 Å². The van der Waals surface area contributed by atoms with E-state index < -0.39 is 10.8 Å². The van der Waals surface area contributed by atoms with E-state index in [-0.39, 0.29) is 35.8 Å². The van der Waals surface area contributed by atoms with Crippen molar-refractivity contribution in [3.63, 3.8) is 0 Å². The van der Waals surface area contributed by atoms with Crippen LogP contribution in [0.1, 0.15) is 36.8 Å². The lowest BCUT2D eigenvalue weighted by atomic mass is 10.1. The molecule has 9 nitrogen and oxygen atoms in total. The number of anilines is 3. The highest BCUT2D eigenvalue weighted by molar-refractivity contribution is 7.85. The molecule has 2 atom stereocenters. The first-order chi connectivity index (χ1) is 20.4. The second-order valence-corrected chi connectivity index (χ2v) is 12.5. The van der Waals surface area contributed by atoms with Gasteiger partial charge < -0.3 is 20.3 Å². The molecule has 4 aromatic rings. The molecule has 0 amide bonds. The molecule has 220 valence electrons. The average Bonchev–Trinajstić information content (AvgIpc) is 3.84. The van der Waals surface area contributed by atoms with Gasteiger partial charge in [-0.2, -0.15) is 4.98 Å². The summed E-state index contributed by atoms with van der Waals surface area (Å²) in [7, 11) is 0.304. The van der Waals surface area contributed by atoms with Crippen molar-refractivity contribution in [1.29, 1.82) is 0 Å². The van der Waals surface area contributed by atoms with E-state index in [0.29, 0.717) is 34.3 Å². The SMILES string of the molecule is COCCS(=O)c1ccccc1Cn1c(=O)c(C2CC2)cc2cnc(Nc3ccc(N4CCNCC4C)c(F)c3)nc21. The molecule has 2 unspecified atom stereocenters. The molecule has 2 aliphatic rings. The van der Waals surface area contributed by atoms with Crippen LogP contribution in [-0.2, 0) is 22.1 Å². The van der Waals surface area contributed by atoms with E-state index in [9.17, 15) is 9.00 Å². The fraction of sp³-hybridized carbons (Fsp3) is 0.387. The molecule has 1 aliphatic heterocycles. The molecular formula is C31H35FN6O3S. The Hall–Kier alpha value is -3.67. The van der Waals surface area contributed by atoms with Crippen LogP contribution in [0, 0.1) is 5.82 Å². The number of methoxy groups -OCH3 is 1. The summed E-state index contributed by atoms with van der Waals surface area (Å²) < 4.78 is 35.0. The summed E-state index contributed by atoms with van der Waals surface area (Å²) in [5.41, 5.74) is 2.98. The molecule has 2 N–H and O–H groups in total. The Balaban J connectivity index is 1.34. The molecule has 2 fully saturated rings. The van der Waals surface area contributed by atoms with Gasteiger partial charge in [0.05, 0.1) is 35.4 Å². The monoisotopic (exact) mass is 590 g/mol. The van der Waals surface area contributed by atoms with Crippen molar-refractivity contribution in [1.82, 2.24) is 19.9 Å². The van der Waals surface area contributed by atoms with Crippen molar-refractivity contribution in [3.8, 4) is 0 Å². The van der Waals surface area contributed by atoms with Crippen LogP contribution in [0.25, 0.3) is 11.0 Å². The molecule has 3 heterocycles. The number of nitrogens with zero attached hydrogens (tertiary/aromatic N) is 4. The number of fused-ring (bicyclic) bond motifs is 1. The van der Waals surface area contributed by atoms with Crippen molar-refractivity contribution < 1.29 is 13.3 Å². The lowest BCUT2D eigenvalue weighted by Crippen LogP contribution is -2.50. The minimum absolute atomic E-state index is 0.104. The first kappa shape index (κ1) is 28.4. The predicted octanol–water partition coefficient (Wildman–Crippen LogP) is 4.15. The maximum absolute atomic E-state index is 15.2. The molecule has 1 saturated heterocycles. The summed E-state index contributed by atoms with van der Waals surface area (Å²) in [6, 6.07) is 14.6. The van der Waals surface area contributed by atoms with E-state index >= 15 is 4.39 Å². The fourth-order valence-electron chi connectivity index (χ4n) is 5.52. The number of nitrogens with one attached hydrogen (secondary N) is 2. The largest absolute Gasteiger partial charge is 0.384 e. The van der Waals surface area contributed by atoms with E-state index in [2.05, 4.69) is 27.4 Å². The topological polar surface area (TPSA) is 101 Å². The van der Waals surface area contributed by atoms with Gasteiger partial charge in [-0.05, 0) is 61.6 Å². The van der Waals surface area contributed by atoms with Gasteiger partial charge in [-0.1, -0.05) is 18.2 Å². The molecule has 11 heteroatoms. The summed E-state index contributed by atoms with van der Waals surface area (Å²) in [4.78, 5) is 25.7. The van der Waals surface area contributed by atoms with Crippen LogP contribution in [0.4, 0.5) is 21.7 Å². The summed E-state index contributed by atoms with van der Waals surface area (Å²) in [5, 5.41) is 7.19. The first-order valence-electron chi connectivity index (χ1n) is 14.3. The number of hydrogen-bond donors (Lipinski definition) is 2. The van der Waals surface area contributed by atoms with Gasteiger partial charge in [-0.15, -0.1) is 0 Å². The van der Waals surface area contributed by atoms with Crippen molar-refractivity contribution in [2.24, 2.45) is 0 Å². The molecule has 6 rings (SSSR count). The van der Waals surface area contributed by atoms with Crippen molar-refractivity contribution in [3.05, 3.63) is 82.0 Å². The molecule has 1 saturated carbocycles. The highest BCUT2D eigenvalue weighted by Gasteiger charge is 2.28. The minimum Gasteiger partial charge on any atom is -0.384 e. The van der Waals surface area contributed by atoms with Crippen LogP contribution in [0.2, 0.25) is 0 Å². The van der Waals surface area contributed by atoms with Gasteiger partial charge in [0.15, 0.2) is 0 Å². The summed E-state index contributed by atoms with van der Waals surface area (Å²) in [5.74, 6) is 0.537. The number of benzene rings is 2. The van der Waals surface area contributed by atoms with Crippen LogP contribution in [0.15, 0.2) is 64.4 Å². The average molecular weight is 591 g/mol. The summed E-state index contributed by atoms with van der Waals surface area (Å²) in [6.45, 7) is 5.02. The van der Waals surface area contributed by atoms with Gasteiger partial charge in [0.25, 0.3) is 5.56 Å². The third kappa shape index (κ3) is 5.95. The van der Waals surface area contributed by atoms with Crippen LogP contribution >= 0.6 is 0 Å². The number of ether oxygens (including phenoxy) is 1. The number of pyridine rings is 1. The lowest BCUT2D eigenvalue weighted by molar-refractivity contribution is 0.218. The Kier molecular flexibility index (Phi) is 8.32. The van der Waals surface area contributed by atoms with E-state index in [0.717, 1.165) is 49.0 Å². The number of halogens is 1. The zero-order valence-electron chi connectivity index (χ0n) is 23.8. The number of hydrogen-bond acceptors (Lipinski definition) is 8. The van der Waals surface area contributed by atoms with Gasteiger partial charge >= 0.3 is 0 Å². The minimum atomic E-state index is -1.28. The van der Waals surface area contributed by atoms with Gasteiger partial charge in [0, 0.05) is 60.5 Å². The maximum Gasteiger partial charge on any atom is 0.256 e. The fourth-order valence-corrected chi connectivity index (χ4v) is 6.71. The van der Waals surface area contributed by atoms with Gasteiger partial charge in [0.2, 0.25) is 5.95 Å². The van der Waals surface area contributed by atoms with Crippen molar-refractivity contribution >= 4 is 39.2 Å². The number of aromatic nitrogens is 3. The Morgan fingerprint density at radius 2 is 2.02 bits per heavy atom.